The van der Waals surface area contributed by atoms with Gasteiger partial charge in [0.05, 0.1) is 33.3 Å². The van der Waals surface area contributed by atoms with Crippen LogP contribution in [0.25, 0.3) is 99.3 Å². The first-order valence-electron chi connectivity index (χ1n) is 17.7. The maximum Gasteiger partial charge on any atom is 0.235 e. The topological polar surface area (TPSA) is 35.6 Å². The third-order valence-electron chi connectivity index (χ3n) is 10.5. The second-order valence-electron chi connectivity index (χ2n) is 13.4. The first-order valence-corrected chi connectivity index (χ1v) is 17.7. The van der Waals surface area contributed by atoms with E-state index < -0.39 is 0 Å². The molecule has 11 aromatic rings. The fraction of sp³-hybridized carbons (Fsp3) is 0. The van der Waals surface area contributed by atoms with Crippen molar-refractivity contribution in [2.45, 2.75) is 0 Å². The molecule has 0 saturated carbocycles. The average molecular weight is 663 g/mol. The van der Waals surface area contributed by atoms with E-state index in [1.165, 1.54) is 49.0 Å². The molecule has 3 heterocycles. The van der Waals surface area contributed by atoms with Crippen LogP contribution in [0.2, 0.25) is 0 Å². The number of hydrogen-bond acceptors (Lipinski definition) is 2. The summed E-state index contributed by atoms with van der Waals surface area (Å²) >= 11 is 0. The molecular weight excluding hydrogens is 633 g/mol. The molecule has 0 aliphatic carbocycles. The molecule has 0 saturated heterocycles. The van der Waals surface area contributed by atoms with Crippen LogP contribution in [0, 0.1) is 0 Å². The van der Waals surface area contributed by atoms with Gasteiger partial charge in [-0.2, -0.15) is 0 Å². The Morgan fingerprint density at radius 2 is 1.00 bits per heavy atom. The lowest BCUT2D eigenvalue weighted by atomic mass is 10.0. The lowest BCUT2D eigenvalue weighted by Gasteiger charge is -2.13. The molecule has 8 aromatic carbocycles. The third-order valence-corrected chi connectivity index (χ3v) is 10.5. The van der Waals surface area contributed by atoms with Crippen LogP contribution < -0.4 is 0 Å². The molecule has 0 spiro atoms. The van der Waals surface area contributed by atoms with Crippen LogP contribution in [-0.4, -0.2) is 19.1 Å². The summed E-state index contributed by atoms with van der Waals surface area (Å²) in [6, 6.07) is 64.9. The highest BCUT2D eigenvalue weighted by Gasteiger charge is 2.20. The van der Waals surface area contributed by atoms with Crippen molar-refractivity contribution in [2.75, 3.05) is 0 Å². The molecule has 242 valence electrons. The van der Waals surface area contributed by atoms with E-state index in [4.69, 9.17) is 9.97 Å². The standard InChI is InChI=1S/C48H30N4/c1-2-13-31(14-3-1)33-16-12-17-35(29-33)51-42-23-10-7-19-37(42)40-30-34(26-27-44(40)51)47-38-20-6-9-22-41(38)49-48(50-47)52-43-24-11-8-21-39(43)46-36-18-5-4-15-32(36)25-28-45(46)52/h1-30H. The number of aromatic nitrogens is 4. The van der Waals surface area contributed by atoms with Gasteiger partial charge in [0.1, 0.15) is 0 Å². The Labute approximate surface area is 299 Å². The molecule has 52 heavy (non-hydrogen) atoms. The summed E-state index contributed by atoms with van der Waals surface area (Å²) in [6.45, 7) is 0. The quantitative estimate of drug-likeness (QED) is 0.188. The van der Waals surface area contributed by atoms with Crippen LogP contribution in [0.1, 0.15) is 0 Å². The highest BCUT2D eigenvalue weighted by molar-refractivity contribution is 6.21. The molecule has 0 amide bonds. The Morgan fingerprint density at radius 1 is 0.346 bits per heavy atom. The normalized spacial score (nSPS) is 11.8. The van der Waals surface area contributed by atoms with E-state index in [2.05, 4.69) is 191 Å². The third kappa shape index (κ3) is 4.28. The van der Waals surface area contributed by atoms with E-state index in [1.54, 1.807) is 0 Å². The number of nitrogens with zero attached hydrogens (tertiary/aromatic N) is 4. The average Bonchev–Trinajstić information content (AvgIpc) is 3.74. The van der Waals surface area contributed by atoms with Gasteiger partial charge in [0.2, 0.25) is 5.95 Å². The van der Waals surface area contributed by atoms with Gasteiger partial charge in [-0.05, 0) is 70.4 Å². The number of benzene rings is 8. The molecule has 0 N–H and O–H groups in total. The van der Waals surface area contributed by atoms with Crippen LogP contribution in [-0.2, 0) is 0 Å². The van der Waals surface area contributed by atoms with Gasteiger partial charge < -0.3 is 4.57 Å². The van der Waals surface area contributed by atoms with Gasteiger partial charge in [0.15, 0.2) is 0 Å². The lowest BCUT2D eigenvalue weighted by Crippen LogP contribution is -2.03. The summed E-state index contributed by atoms with van der Waals surface area (Å²) in [7, 11) is 0. The van der Waals surface area contributed by atoms with Gasteiger partial charge in [-0.25, -0.2) is 9.97 Å². The summed E-state index contributed by atoms with van der Waals surface area (Å²) in [5, 5.41) is 8.28. The Hall–Kier alpha value is -7.04. The van der Waals surface area contributed by atoms with Gasteiger partial charge in [0, 0.05) is 38.2 Å². The zero-order valence-electron chi connectivity index (χ0n) is 28.1. The molecule has 0 aliphatic heterocycles. The first kappa shape index (κ1) is 28.8. The summed E-state index contributed by atoms with van der Waals surface area (Å²) in [5.74, 6) is 0.662. The molecule has 4 heteroatoms. The van der Waals surface area contributed by atoms with Crippen molar-refractivity contribution < 1.29 is 0 Å². The first-order chi connectivity index (χ1) is 25.8. The summed E-state index contributed by atoms with van der Waals surface area (Å²) in [6.07, 6.45) is 0. The second-order valence-corrected chi connectivity index (χ2v) is 13.4. The van der Waals surface area contributed by atoms with Gasteiger partial charge in [-0.15, -0.1) is 0 Å². The molecule has 11 rings (SSSR count). The summed E-state index contributed by atoms with van der Waals surface area (Å²) in [4.78, 5) is 10.7. The van der Waals surface area contributed by atoms with Crippen LogP contribution in [0.15, 0.2) is 182 Å². The van der Waals surface area contributed by atoms with E-state index in [1.807, 2.05) is 0 Å². The maximum absolute atomic E-state index is 5.44. The minimum absolute atomic E-state index is 0.662. The van der Waals surface area contributed by atoms with Gasteiger partial charge in [0.25, 0.3) is 0 Å². The fourth-order valence-corrected chi connectivity index (χ4v) is 8.19. The van der Waals surface area contributed by atoms with Crippen LogP contribution in [0.5, 0.6) is 0 Å². The molecule has 4 nitrogen and oxygen atoms in total. The Balaban J connectivity index is 1.15. The monoisotopic (exact) mass is 662 g/mol. The molecule has 0 aliphatic rings. The van der Waals surface area contributed by atoms with Gasteiger partial charge in [-0.3, -0.25) is 4.57 Å². The Morgan fingerprint density at radius 3 is 1.87 bits per heavy atom. The minimum atomic E-state index is 0.662. The van der Waals surface area contributed by atoms with Crippen LogP contribution in [0.3, 0.4) is 0 Å². The number of hydrogen-bond donors (Lipinski definition) is 0. The second kappa shape index (κ2) is 11.2. The molecular formula is C48H30N4. The molecule has 0 atom stereocenters. The van der Waals surface area contributed by atoms with Gasteiger partial charge in [-0.1, -0.05) is 133 Å². The zero-order chi connectivity index (χ0) is 34.2. The van der Waals surface area contributed by atoms with Crippen molar-refractivity contribution in [1.82, 2.24) is 19.1 Å². The van der Waals surface area contributed by atoms with Crippen molar-refractivity contribution in [3.8, 4) is 34.0 Å². The number of rotatable bonds is 4. The molecule has 0 radical (unpaired) electrons. The van der Waals surface area contributed by atoms with Crippen LogP contribution in [0.4, 0.5) is 0 Å². The highest BCUT2D eigenvalue weighted by Crippen LogP contribution is 2.39. The van der Waals surface area contributed by atoms with E-state index in [-0.39, 0.29) is 0 Å². The van der Waals surface area contributed by atoms with Crippen molar-refractivity contribution in [3.63, 3.8) is 0 Å². The van der Waals surface area contributed by atoms with Gasteiger partial charge >= 0.3 is 0 Å². The molecule has 0 unspecified atom stereocenters. The summed E-state index contributed by atoms with van der Waals surface area (Å²) in [5.41, 5.74) is 10.9. The zero-order valence-corrected chi connectivity index (χ0v) is 28.1. The van der Waals surface area contributed by atoms with E-state index in [0.717, 1.165) is 44.4 Å². The van der Waals surface area contributed by atoms with E-state index in [9.17, 15) is 0 Å². The highest BCUT2D eigenvalue weighted by atomic mass is 15.2. The van der Waals surface area contributed by atoms with E-state index in [0.29, 0.717) is 5.95 Å². The van der Waals surface area contributed by atoms with Crippen molar-refractivity contribution >= 4 is 65.3 Å². The molecule has 0 bridgehead atoms. The Kier molecular flexibility index (Phi) is 6.22. The molecule has 3 aromatic heterocycles. The smallest absolute Gasteiger partial charge is 0.235 e. The van der Waals surface area contributed by atoms with Crippen molar-refractivity contribution in [2.24, 2.45) is 0 Å². The van der Waals surface area contributed by atoms with E-state index >= 15 is 0 Å². The van der Waals surface area contributed by atoms with Crippen LogP contribution >= 0.6 is 0 Å². The lowest BCUT2D eigenvalue weighted by molar-refractivity contribution is 1.01. The SMILES string of the molecule is c1ccc(-c2cccc(-n3c4ccccc4c4cc(-c5nc(-n6c7ccccc7c7c8ccccc8ccc76)nc6ccccc56)ccc43)c2)cc1. The summed E-state index contributed by atoms with van der Waals surface area (Å²) < 4.78 is 4.62. The number of para-hydroxylation sites is 3. The Bertz CT molecular complexity index is 3190. The van der Waals surface area contributed by atoms with Crippen molar-refractivity contribution in [3.05, 3.63) is 182 Å². The fourth-order valence-electron chi connectivity index (χ4n) is 8.19. The van der Waals surface area contributed by atoms with Crippen molar-refractivity contribution in [1.29, 1.82) is 0 Å². The minimum Gasteiger partial charge on any atom is -0.309 e. The maximum atomic E-state index is 5.44. The predicted molar refractivity (Wildman–Crippen MR) is 217 cm³/mol. The molecule has 0 fully saturated rings. The number of fused-ring (bicyclic) bond motifs is 9. The largest absolute Gasteiger partial charge is 0.309 e. The predicted octanol–water partition coefficient (Wildman–Crippen LogP) is 12.3.